The SMILES string of the molecule is C=C(/C=C\C(C)=N)Nc1ncc2c(n1)NC(=O)N(c1cc(NCC(C)/C=C/N(Cc3ccccc3)C(=O)[C@H](CC(C)C)N=C(/C=C/C)c3ccccc3)ccc1C)C2. The average Bonchev–Trinajstić information content (AvgIpc) is 3.21. The minimum absolute atomic E-state index is 0.0499. The van der Waals surface area contributed by atoms with Crippen LogP contribution in [-0.4, -0.2) is 50.8 Å². The van der Waals surface area contributed by atoms with Crippen LogP contribution < -0.4 is 20.9 Å². The molecule has 0 fully saturated rings. The number of hydrogen-bond donors (Lipinski definition) is 4. The number of hydrogen-bond acceptors (Lipinski definition) is 8. The van der Waals surface area contributed by atoms with Crippen LogP contribution >= 0.6 is 0 Å². The Morgan fingerprint density at radius 1 is 1.05 bits per heavy atom. The van der Waals surface area contributed by atoms with Crippen LogP contribution in [0.2, 0.25) is 0 Å². The van der Waals surface area contributed by atoms with E-state index in [0.29, 0.717) is 49.2 Å². The fourth-order valence-corrected chi connectivity index (χ4v) is 6.29. The highest BCUT2D eigenvalue weighted by atomic mass is 16.2. The van der Waals surface area contributed by atoms with E-state index >= 15 is 0 Å². The average molecular weight is 778 g/mol. The number of aliphatic imine (C=N–C) groups is 1. The summed E-state index contributed by atoms with van der Waals surface area (Å²) in [6.07, 6.45) is 13.5. The fourth-order valence-electron chi connectivity index (χ4n) is 6.29. The molecule has 0 spiro atoms. The van der Waals surface area contributed by atoms with Crippen molar-refractivity contribution in [3.8, 4) is 0 Å². The van der Waals surface area contributed by atoms with Gasteiger partial charge in [-0.1, -0.05) is 106 Å². The predicted molar refractivity (Wildman–Crippen MR) is 239 cm³/mol. The number of anilines is 4. The highest BCUT2D eigenvalue weighted by molar-refractivity contribution is 6.09. The van der Waals surface area contributed by atoms with E-state index in [-0.39, 0.29) is 23.8 Å². The van der Waals surface area contributed by atoms with Crippen molar-refractivity contribution >= 4 is 46.5 Å². The zero-order valence-corrected chi connectivity index (χ0v) is 34.4. The summed E-state index contributed by atoms with van der Waals surface area (Å²) in [6.45, 7) is 17.2. The Morgan fingerprint density at radius 2 is 1.78 bits per heavy atom. The molecule has 2 atom stereocenters. The Bertz CT molecular complexity index is 2190. The third kappa shape index (κ3) is 12.2. The van der Waals surface area contributed by atoms with Crippen molar-refractivity contribution in [3.05, 3.63) is 156 Å². The molecule has 0 radical (unpaired) electrons. The van der Waals surface area contributed by atoms with Gasteiger partial charge < -0.3 is 20.9 Å². The molecule has 1 aliphatic heterocycles. The summed E-state index contributed by atoms with van der Waals surface area (Å²) in [5, 5.41) is 17.0. The van der Waals surface area contributed by atoms with Crippen LogP contribution in [0.4, 0.5) is 27.9 Å². The van der Waals surface area contributed by atoms with Crippen molar-refractivity contribution < 1.29 is 9.59 Å². The molecule has 11 nitrogen and oxygen atoms in total. The molecule has 11 heteroatoms. The summed E-state index contributed by atoms with van der Waals surface area (Å²) in [4.78, 5) is 45.3. The molecule has 1 aromatic heterocycles. The van der Waals surface area contributed by atoms with Gasteiger partial charge in [0.25, 0.3) is 5.91 Å². The first-order chi connectivity index (χ1) is 27.9. The zero-order chi connectivity index (χ0) is 41.6. The Hall–Kier alpha value is -6.62. The van der Waals surface area contributed by atoms with E-state index in [0.717, 1.165) is 39.3 Å². The van der Waals surface area contributed by atoms with Crippen molar-refractivity contribution in [2.45, 2.75) is 67.1 Å². The number of fused-ring (bicyclic) bond motifs is 1. The molecule has 58 heavy (non-hydrogen) atoms. The van der Waals surface area contributed by atoms with Crippen molar-refractivity contribution in [2.75, 3.05) is 27.4 Å². The molecular formula is C47H55N9O2. The highest BCUT2D eigenvalue weighted by Crippen LogP contribution is 2.31. The number of allylic oxidation sites excluding steroid dienone is 4. The van der Waals surface area contributed by atoms with Crippen molar-refractivity contribution in [1.29, 1.82) is 5.41 Å². The van der Waals surface area contributed by atoms with Crippen LogP contribution in [0.5, 0.6) is 0 Å². The second-order valence-corrected chi connectivity index (χ2v) is 14.9. The lowest BCUT2D eigenvalue weighted by atomic mass is 10.0. The topological polar surface area (TPSA) is 139 Å². The van der Waals surface area contributed by atoms with E-state index in [1.165, 1.54) is 0 Å². The quantitative estimate of drug-likeness (QED) is 0.0586. The minimum atomic E-state index is -0.562. The van der Waals surface area contributed by atoms with Gasteiger partial charge in [0.2, 0.25) is 5.95 Å². The summed E-state index contributed by atoms with van der Waals surface area (Å²) in [7, 11) is 0. The highest BCUT2D eigenvalue weighted by Gasteiger charge is 2.28. The molecule has 0 bridgehead atoms. The van der Waals surface area contributed by atoms with Crippen molar-refractivity contribution in [1.82, 2.24) is 14.9 Å². The van der Waals surface area contributed by atoms with E-state index in [1.807, 2.05) is 111 Å². The van der Waals surface area contributed by atoms with Crippen LogP contribution in [0, 0.1) is 24.2 Å². The lowest BCUT2D eigenvalue weighted by Gasteiger charge is -2.30. The van der Waals surface area contributed by atoms with Crippen molar-refractivity contribution in [3.63, 3.8) is 0 Å². The van der Waals surface area contributed by atoms with E-state index in [4.69, 9.17) is 10.4 Å². The summed E-state index contributed by atoms with van der Waals surface area (Å²) in [6, 6.07) is 25.1. The Balaban J connectivity index is 1.30. The Labute approximate surface area is 342 Å². The van der Waals surface area contributed by atoms with E-state index in [1.54, 1.807) is 35.1 Å². The summed E-state index contributed by atoms with van der Waals surface area (Å²) < 4.78 is 0. The van der Waals surface area contributed by atoms with Crippen LogP contribution in [0.3, 0.4) is 0 Å². The van der Waals surface area contributed by atoms with Gasteiger partial charge in [-0.2, -0.15) is 4.98 Å². The molecule has 3 amide bonds. The van der Waals surface area contributed by atoms with Gasteiger partial charge in [0.1, 0.15) is 11.9 Å². The number of aryl methyl sites for hydroxylation is 1. The van der Waals surface area contributed by atoms with Gasteiger partial charge in [-0.05, 0) is 86.1 Å². The first kappa shape index (κ1) is 42.5. The van der Waals surface area contributed by atoms with Gasteiger partial charge in [0, 0.05) is 41.6 Å². The summed E-state index contributed by atoms with van der Waals surface area (Å²) >= 11 is 0. The molecule has 5 rings (SSSR count). The van der Waals surface area contributed by atoms with E-state index < -0.39 is 6.04 Å². The van der Waals surface area contributed by atoms with Crippen LogP contribution in [-0.2, 0) is 17.9 Å². The van der Waals surface area contributed by atoms with Gasteiger partial charge in [-0.15, -0.1) is 0 Å². The number of urea groups is 1. The number of nitrogens with one attached hydrogen (secondary N) is 4. The summed E-state index contributed by atoms with van der Waals surface area (Å²) in [5.41, 5.74) is 7.05. The lowest BCUT2D eigenvalue weighted by Crippen LogP contribution is -2.39. The maximum absolute atomic E-state index is 14.4. The monoisotopic (exact) mass is 777 g/mol. The van der Waals surface area contributed by atoms with Crippen LogP contribution in [0.15, 0.2) is 139 Å². The fraction of sp³-hybridized carbons (Fsp3) is 0.277. The molecule has 300 valence electrons. The first-order valence-electron chi connectivity index (χ1n) is 19.7. The van der Waals surface area contributed by atoms with Gasteiger partial charge in [-0.3, -0.25) is 20.0 Å². The molecule has 3 aromatic carbocycles. The Kier molecular flexibility index (Phi) is 15.0. The number of nitrogens with zero attached hydrogens (tertiary/aromatic N) is 5. The molecule has 0 saturated heterocycles. The molecule has 2 heterocycles. The largest absolute Gasteiger partial charge is 0.384 e. The number of carbonyl (C=O) groups excluding carboxylic acids is 2. The maximum atomic E-state index is 14.4. The number of carbonyl (C=O) groups is 2. The normalized spacial score (nSPS) is 14.1. The Morgan fingerprint density at radius 3 is 2.47 bits per heavy atom. The predicted octanol–water partition coefficient (Wildman–Crippen LogP) is 9.93. The second kappa shape index (κ2) is 20.5. The third-order valence-electron chi connectivity index (χ3n) is 9.34. The number of amides is 3. The van der Waals surface area contributed by atoms with Gasteiger partial charge in [-0.25, -0.2) is 9.78 Å². The lowest BCUT2D eigenvalue weighted by molar-refractivity contribution is -0.130. The third-order valence-corrected chi connectivity index (χ3v) is 9.34. The zero-order valence-electron chi connectivity index (χ0n) is 34.4. The maximum Gasteiger partial charge on any atom is 0.327 e. The standard InChI is InChI=1S/C47H55N9O2/c1-8-15-41(38-18-13-10-14-19-38)52-42(26-32(2)3)45(57)55(30-37-16-11-9-12-17-37)25-24-33(4)28-49-40-23-20-34(5)43(27-40)56-31-39-29-50-46(53-44(39)54-47(56)58)51-36(7)22-21-35(6)48/h8-25,27,29,32-33,42,48-49H,7,26,28,30-31H2,1-6H3,(H2,50,51,53,54,58)/b15-8+,22-21-,25-24+,48-35?,52-41?/t33?,42-/m0/s1. The molecule has 1 unspecified atom stereocenters. The molecule has 1 aliphatic rings. The van der Waals surface area contributed by atoms with Crippen LogP contribution in [0.25, 0.3) is 0 Å². The molecule has 0 aliphatic carbocycles. The smallest absolute Gasteiger partial charge is 0.327 e. The first-order valence-corrected chi connectivity index (χ1v) is 19.7. The number of rotatable bonds is 18. The van der Waals surface area contributed by atoms with Gasteiger partial charge in [0.05, 0.1) is 24.5 Å². The van der Waals surface area contributed by atoms with E-state index in [2.05, 4.69) is 59.3 Å². The number of aromatic nitrogens is 2. The molecule has 4 N–H and O–H groups in total. The van der Waals surface area contributed by atoms with Crippen molar-refractivity contribution in [2.24, 2.45) is 16.8 Å². The van der Waals surface area contributed by atoms with Gasteiger partial charge >= 0.3 is 6.03 Å². The minimum Gasteiger partial charge on any atom is -0.384 e. The number of benzene rings is 3. The molecule has 0 saturated carbocycles. The van der Waals surface area contributed by atoms with Gasteiger partial charge in [0.15, 0.2) is 0 Å². The van der Waals surface area contributed by atoms with Crippen LogP contribution in [0.1, 0.15) is 63.3 Å². The molecule has 4 aromatic rings. The second-order valence-electron chi connectivity index (χ2n) is 14.9. The summed E-state index contributed by atoms with van der Waals surface area (Å²) in [5.74, 6) is 0.996. The van der Waals surface area contributed by atoms with E-state index in [9.17, 15) is 9.59 Å². The molecular weight excluding hydrogens is 723 g/mol.